The Morgan fingerprint density at radius 3 is 0.900 bits per heavy atom. The van der Waals surface area contributed by atoms with Crippen LogP contribution in [0.2, 0.25) is 0 Å². The van der Waals surface area contributed by atoms with E-state index in [2.05, 4.69) is 91.0 Å². The van der Waals surface area contributed by atoms with E-state index in [1.54, 1.807) is 0 Å². The summed E-state index contributed by atoms with van der Waals surface area (Å²) in [5.41, 5.74) is 0. The van der Waals surface area contributed by atoms with Crippen molar-refractivity contribution in [3.05, 3.63) is 91.0 Å². The van der Waals surface area contributed by atoms with Crippen LogP contribution in [0.25, 0.3) is 0 Å². The van der Waals surface area contributed by atoms with Gasteiger partial charge in [0.25, 0.3) is 0 Å². The van der Waals surface area contributed by atoms with Gasteiger partial charge < -0.3 is 0 Å². The normalized spacial score (nSPS) is 10.5. The molecule has 0 fully saturated rings. The number of benzene rings is 3. The predicted molar refractivity (Wildman–Crippen MR) is 80.7 cm³/mol. The van der Waals surface area contributed by atoms with Gasteiger partial charge in [-0.25, -0.2) is 0 Å². The van der Waals surface area contributed by atoms with Gasteiger partial charge in [0.2, 0.25) is 0 Å². The summed E-state index contributed by atoms with van der Waals surface area (Å²) in [4.78, 5) is 0. The van der Waals surface area contributed by atoms with Crippen LogP contribution in [-0.2, 0) is 13.9 Å². The molecule has 3 aromatic rings. The van der Waals surface area contributed by atoms with Crippen LogP contribution in [0.4, 0.5) is 4.70 Å². The first kappa shape index (κ1) is 14.5. The Kier molecular flexibility index (Phi) is 5.11. The Morgan fingerprint density at radius 2 is 0.650 bits per heavy atom. The van der Waals surface area contributed by atoms with Gasteiger partial charge >= 0.3 is 118 Å². The van der Waals surface area contributed by atoms with Gasteiger partial charge in [0.05, 0.1) is 0 Å². The van der Waals surface area contributed by atoms with E-state index in [1.807, 2.05) is 0 Å². The fraction of sp³-hybridized carbons (Fsp3) is 0. The minimum atomic E-state index is 0. The van der Waals surface area contributed by atoms with Crippen molar-refractivity contribution < 1.29 is 18.6 Å². The van der Waals surface area contributed by atoms with Gasteiger partial charge in [-0.3, -0.25) is 4.70 Å². The van der Waals surface area contributed by atoms with Crippen LogP contribution in [0, 0.1) is 0 Å². The van der Waals surface area contributed by atoms with Gasteiger partial charge in [-0.2, -0.15) is 0 Å². The Bertz CT molecular complexity index is 529. The van der Waals surface area contributed by atoms with Crippen molar-refractivity contribution in [2.75, 3.05) is 0 Å². The first-order chi connectivity index (χ1) is 9.45. The maximum absolute atomic E-state index is 2.21. The van der Waals surface area contributed by atoms with Gasteiger partial charge in [0, 0.05) is 0 Å². The van der Waals surface area contributed by atoms with Crippen molar-refractivity contribution in [3.8, 4) is 0 Å². The van der Waals surface area contributed by atoms with E-state index in [1.165, 1.54) is 13.4 Å². The van der Waals surface area contributed by atoms with Crippen LogP contribution in [0.5, 0.6) is 0 Å². The molecule has 0 saturated carbocycles. The van der Waals surface area contributed by atoms with Crippen LogP contribution in [0.15, 0.2) is 91.0 Å². The van der Waals surface area contributed by atoms with Crippen LogP contribution < -0.4 is 13.4 Å². The third-order valence-corrected chi connectivity index (χ3v) is 5.22. The first-order valence-electron chi connectivity index (χ1n) is 6.18. The molecule has 0 radical (unpaired) electrons. The van der Waals surface area contributed by atoms with E-state index in [0.717, 1.165) is 0 Å². The van der Waals surface area contributed by atoms with Crippen molar-refractivity contribution in [3.63, 3.8) is 0 Å². The fourth-order valence-corrected chi connectivity index (χ4v) is 4.23. The SMILES string of the molecule is F.c1cc[c]([Cu]([c]2ccccc2)[c]2ccccc2)cc1. The maximum atomic E-state index is 2.21. The molecule has 0 spiro atoms. The molecule has 0 aliphatic carbocycles. The second kappa shape index (κ2) is 7.04. The van der Waals surface area contributed by atoms with Gasteiger partial charge in [0.1, 0.15) is 0 Å². The molecule has 20 heavy (non-hydrogen) atoms. The predicted octanol–water partition coefficient (Wildman–Crippen LogP) is 2.73. The number of rotatable bonds is 3. The molecule has 106 valence electrons. The summed E-state index contributed by atoms with van der Waals surface area (Å²) >= 11 is 0.0662. The van der Waals surface area contributed by atoms with Gasteiger partial charge in [0.15, 0.2) is 0 Å². The van der Waals surface area contributed by atoms with Crippen LogP contribution >= 0.6 is 0 Å². The Morgan fingerprint density at radius 1 is 0.400 bits per heavy atom. The molecule has 3 rings (SSSR count). The van der Waals surface area contributed by atoms with Gasteiger partial charge in [-0.15, -0.1) is 0 Å². The molecule has 0 aliphatic heterocycles. The molecule has 0 amide bonds. The van der Waals surface area contributed by atoms with Gasteiger partial charge in [-0.1, -0.05) is 0 Å². The molecule has 0 N–H and O–H groups in total. The summed E-state index contributed by atoms with van der Waals surface area (Å²) in [6.45, 7) is 0. The number of hydrogen-bond acceptors (Lipinski definition) is 0. The zero-order valence-electron chi connectivity index (χ0n) is 10.9. The molecule has 3 aromatic carbocycles. The van der Waals surface area contributed by atoms with Gasteiger partial charge in [-0.05, 0) is 0 Å². The summed E-state index contributed by atoms with van der Waals surface area (Å²) in [6.07, 6.45) is 0. The van der Waals surface area contributed by atoms with E-state index in [9.17, 15) is 0 Å². The molecular weight excluding hydrogens is 299 g/mol. The molecular formula is C18H16CuF. The zero-order chi connectivity index (χ0) is 12.9. The molecule has 0 atom stereocenters. The second-order valence-corrected chi connectivity index (χ2v) is 6.32. The molecule has 0 bridgehead atoms. The average Bonchev–Trinajstić information content (AvgIpc) is 2.51. The minimum absolute atomic E-state index is 0. The molecule has 0 nitrogen and oxygen atoms in total. The van der Waals surface area contributed by atoms with Crippen molar-refractivity contribution in [1.82, 2.24) is 0 Å². The third kappa shape index (κ3) is 3.16. The van der Waals surface area contributed by atoms with E-state index in [0.29, 0.717) is 0 Å². The monoisotopic (exact) mass is 314 g/mol. The Labute approximate surface area is 123 Å². The first-order valence-corrected chi connectivity index (χ1v) is 7.60. The Hall–Kier alpha value is -1.89. The van der Waals surface area contributed by atoms with Crippen molar-refractivity contribution in [1.29, 1.82) is 0 Å². The van der Waals surface area contributed by atoms with Crippen LogP contribution in [0.3, 0.4) is 0 Å². The molecule has 2 heteroatoms. The standard InChI is InChI=1S/3C6H5.Cu.FH/c3*1-2-4-6-5-3-1;;/h3*1-5H;;1H. The van der Waals surface area contributed by atoms with Crippen molar-refractivity contribution in [2.24, 2.45) is 0 Å². The summed E-state index contributed by atoms with van der Waals surface area (Å²) in [6, 6.07) is 32.1. The van der Waals surface area contributed by atoms with E-state index in [-0.39, 0.29) is 18.6 Å². The second-order valence-electron chi connectivity index (χ2n) is 3.98. The number of hydrogen-bond donors (Lipinski definition) is 0. The number of halogens is 1. The fourth-order valence-electron chi connectivity index (χ4n) is 1.80. The summed E-state index contributed by atoms with van der Waals surface area (Å²) in [5.74, 6) is 0. The Balaban J connectivity index is 0.00000147. The molecule has 0 saturated heterocycles. The topological polar surface area (TPSA) is 0 Å². The van der Waals surface area contributed by atoms with Crippen LogP contribution in [-0.4, -0.2) is 0 Å². The third-order valence-electron chi connectivity index (χ3n) is 2.65. The summed E-state index contributed by atoms with van der Waals surface area (Å²) in [7, 11) is 0. The molecule has 0 aromatic heterocycles. The molecule has 0 unspecified atom stereocenters. The van der Waals surface area contributed by atoms with Crippen molar-refractivity contribution in [2.45, 2.75) is 0 Å². The summed E-state index contributed by atoms with van der Waals surface area (Å²) < 4.78 is 4.06. The quantitative estimate of drug-likeness (QED) is 0.652. The summed E-state index contributed by atoms with van der Waals surface area (Å²) in [5, 5.41) is 0. The van der Waals surface area contributed by atoms with Crippen molar-refractivity contribution >= 4 is 13.4 Å². The van der Waals surface area contributed by atoms with E-state index in [4.69, 9.17) is 0 Å². The average molecular weight is 315 g/mol. The molecule has 0 aliphatic rings. The molecule has 0 heterocycles. The zero-order valence-corrected chi connectivity index (χ0v) is 11.8. The van der Waals surface area contributed by atoms with E-state index < -0.39 is 0 Å². The van der Waals surface area contributed by atoms with Crippen LogP contribution in [0.1, 0.15) is 0 Å². The van der Waals surface area contributed by atoms with E-state index >= 15 is 0 Å².